The Kier molecular flexibility index (Phi) is 4.42. The van der Waals surface area contributed by atoms with Crippen molar-refractivity contribution >= 4 is 23.3 Å². The lowest BCUT2D eigenvalue weighted by molar-refractivity contribution is 0.0265. The molecule has 1 aromatic carbocycles. The van der Waals surface area contributed by atoms with Crippen molar-refractivity contribution in [3.63, 3.8) is 0 Å². The third-order valence-corrected chi connectivity index (χ3v) is 3.32. The fourth-order valence-corrected chi connectivity index (χ4v) is 1.77. The minimum Gasteiger partial charge on any atom is -0.449 e. The number of anilines is 1. The molecule has 0 aliphatic heterocycles. The van der Waals surface area contributed by atoms with Gasteiger partial charge in [-0.15, -0.1) is 0 Å². The highest BCUT2D eigenvalue weighted by Crippen LogP contribution is 2.24. The van der Waals surface area contributed by atoms with Crippen molar-refractivity contribution in [2.24, 2.45) is 0 Å². The number of esters is 1. The summed E-state index contributed by atoms with van der Waals surface area (Å²) in [6.07, 6.45) is -0.659. The molecule has 1 heterocycles. The molecule has 0 bridgehead atoms. The molecule has 0 fully saturated rings. The zero-order valence-electron chi connectivity index (χ0n) is 12.9. The molecule has 2 aromatic rings. The van der Waals surface area contributed by atoms with E-state index in [9.17, 15) is 4.79 Å². The normalized spacial score (nSPS) is 13.0. The Morgan fingerprint density at radius 2 is 2.09 bits per heavy atom. The van der Waals surface area contributed by atoms with Crippen molar-refractivity contribution < 1.29 is 14.1 Å². The number of nitrogens with zero attached hydrogens (tertiary/aromatic N) is 2. The van der Waals surface area contributed by atoms with Crippen LogP contribution in [0.4, 0.5) is 5.69 Å². The van der Waals surface area contributed by atoms with Crippen LogP contribution in [0.25, 0.3) is 0 Å². The summed E-state index contributed by atoms with van der Waals surface area (Å²) in [5.41, 5.74) is 6.06. The van der Waals surface area contributed by atoms with E-state index in [-0.39, 0.29) is 11.3 Å². The number of rotatable bonds is 3. The van der Waals surface area contributed by atoms with Crippen molar-refractivity contribution in [1.82, 2.24) is 10.1 Å². The van der Waals surface area contributed by atoms with Gasteiger partial charge in [-0.2, -0.15) is 4.98 Å². The van der Waals surface area contributed by atoms with Gasteiger partial charge in [0.2, 0.25) is 0 Å². The summed E-state index contributed by atoms with van der Waals surface area (Å²) in [5, 5.41) is 4.28. The maximum Gasteiger partial charge on any atom is 0.338 e. The van der Waals surface area contributed by atoms with E-state index in [4.69, 9.17) is 26.6 Å². The molecule has 0 amide bonds. The molecule has 1 atom stereocenters. The third-order valence-electron chi connectivity index (χ3n) is 2.98. The van der Waals surface area contributed by atoms with Crippen LogP contribution in [0.2, 0.25) is 5.02 Å². The van der Waals surface area contributed by atoms with Gasteiger partial charge in [0.05, 0.1) is 16.3 Å². The molecule has 7 heteroatoms. The molecule has 6 nitrogen and oxygen atoms in total. The summed E-state index contributed by atoms with van der Waals surface area (Å²) < 4.78 is 10.5. The van der Waals surface area contributed by atoms with Crippen LogP contribution in [0.5, 0.6) is 0 Å². The second-order valence-electron chi connectivity index (χ2n) is 5.99. The summed E-state index contributed by atoms with van der Waals surface area (Å²) in [6, 6.07) is 4.55. The molecule has 0 saturated carbocycles. The number of hydrogen-bond acceptors (Lipinski definition) is 6. The summed E-state index contributed by atoms with van der Waals surface area (Å²) in [7, 11) is 0. The predicted octanol–water partition coefficient (Wildman–Crippen LogP) is 3.52. The lowest BCUT2D eigenvalue weighted by Gasteiger charge is -2.12. The Morgan fingerprint density at radius 1 is 1.41 bits per heavy atom. The van der Waals surface area contributed by atoms with E-state index < -0.39 is 12.1 Å². The molecular formula is C15H18ClN3O3. The number of nitrogens with two attached hydrogens (primary N) is 1. The Labute approximate surface area is 133 Å². The highest BCUT2D eigenvalue weighted by Gasteiger charge is 2.25. The lowest BCUT2D eigenvalue weighted by atomic mass is 9.96. The molecule has 0 aliphatic carbocycles. The van der Waals surface area contributed by atoms with Gasteiger partial charge in [0.1, 0.15) is 0 Å². The minimum absolute atomic E-state index is 0.240. The quantitative estimate of drug-likeness (QED) is 0.686. The summed E-state index contributed by atoms with van der Waals surface area (Å²) >= 11 is 5.82. The van der Waals surface area contributed by atoms with Gasteiger partial charge in [-0.05, 0) is 25.1 Å². The predicted molar refractivity (Wildman–Crippen MR) is 82.7 cm³/mol. The van der Waals surface area contributed by atoms with E-state index in [1.54, 1.807) is 19.1 Å². The van der Waals surface area contributed by atoms with E-state index in [0.717, 1.165) is 0 Å². The van der Waals surface area contributed by atoms with Crippen LogP contribution in [0.3, 0.4) is 0 Å². The molecule has 0 unspecified atom stereocenters. The maximum absolute atomic E-state index is 12.1. The Balaban J connectivity index is 2.11. The fourth-order valence-electron chi connectivity index (χ4n) is 1.65. The standard InChI is InChI=1S/C15H18ClN3O3/c1-8(12-18-14(19-22-12)15(2,3)4)21-13(20)9-5-6-10(16)11(17)7-9/h5-8H,17H2,1-4H3/t8-/m1/s1. The van der Waals surface area contributed by atoms with Gasteiger partial charge in [-0.1, -0.05) is 37.5 Å². The lowest BCUT2D eigenvalue weighted by Crippen LogP contribution is -2.14. The van der Waals surface area contributed by atoms with Gasteiger partial charge >= 0.3 is 5.97 Å². The van der Waals surface area contributed by atoms with E-state index in [0.29, 0.717) is 22.1 Å². The van der Waals surface area contributed by atoms with E-state index >= 15 is 0 Å². The average Bonchev–Trinajstić information content (AvgIpc) is 2.91. The first-order valence-electron chi connectivity index (χ1n) is 6.78. The van der Waals surface area contributed by atoms with Gasteiger partial charge in [-0.25, -0.2) is 4.79 Å². The monoisotopic (exact) mass is 323 g/mol. The van der Waals surface area contributed by atoms with Crippen LogP contribution in [-0.4, -0.2) is 16.1 Å². The van der Waals surface area contributed by atoms with Crippen LogP contribution in [0.15, 0.2) is 22.7 Å². The van der Waals surface area contributed by atoms with Crippen LogP contribution in [-0.2, 0) is 10.2 Å². The first kappa shape index (κ1) is 16.3. The third kappa shape index (κ3) is 3.57. The fraction of sp³-hybridized carbons (Fsp3) is 0.400. The molecular weight excluding hydrogens is 306 g/mol. The van der Waals surface area contributed by atoms with Crippen LogP contribution >= 0.6 is 11.6 Å². The second-order valence-corrected chi connectivity index (χ2v) is 6.40. The van der Waals surface area contributed by atoms with Gasteiger partial charge in [0.15, 0.2) is 11.9 Å². The van der Waals surface area contributed by atoms with E-state index in [1.807, 2.05) is 20.8 Å². The Hall–Kier alpha value is -2.08. The second kappa shape index (κ2) is 5.96. The largest absolute Gasteiger partial charge is 0.449 e. The summed E-state index contributed by atoms with van der Waals surface area (Å²) in [5.74, 6) is 0.271. The van der Waals surface area contributed by atoms with Crippen molar-refractivity contribution in [2.45, 2.75) is 39.2 Å². The zero-order chi connectivity index (χ0) is 16.5. The van der Waals surface area contributed by atoms with E-state index in [2.05, 4.69) is 10.1 Å². The summed E-state index contributed by atoms with van der Waals surface area (Å²) in [6.45, 7) is 7.57. The molecule has 0 radical (unpaired) electrons. The number of carbonyl (C=O) groups excluding carboxylic acids is 1. The van der Waals surface area contributed by atoms with Crippen molar-refractivity contribution in [2.75, 3.05) is 5.73 Å². The van der Waals surface area contributed by atoms with Crippen LogP contribution in [0.1, 0.15) is 55.9 Å². The zero-order valence-corrected chi connectivity index (χ0v) is 13.6. The molecule has 22 heavy (non-hydrogen) atoms. The van der Waals surface area contributed by atoms with Gasteiger partial charge in [0, 0.05) is 5.41 Å². The Bertz CT molecular complexity index is 692. The van der Waals surface area contributed by atoms with Crippen LogP contribution in [0, 0.1) is 0 Å². The number of hydrogen-bond donors (Lipinski definition) is 1. The van der Waals surface area contributed by atoms with Crippen molar-refractivity contribution in [3.8, 4) is 0 Å². The highest BCUT2D eigenvalue weighted by atomic mass is 35.5. The number of ether oxygens (including phenoxy) is 1. The van der Waals surface area contributed by atoms with E-state index in [1.165, 1.54) is 6.07 Å². The molecule has 0 saturated heterocycles. The topological polar surface area (TPSA) is 91.2 Å². The van der Waals surface area contributed by atoms with Gasteiger partial charge < -0.3 is 15.0 Å². The SMILES string of the molecule is C[C@@H](OC(=O)c1ccc(Cl)c(N)c1)c1nc(C(C)(C)C)no1. The Morgan fingerprint density at radius 3 is 2.64 bits per heavy atom. The first-order chi connectivity index (χ1) is 10.2. The maximum atomic E-state index is 12.1. The molecule has 2 rings (SSSR count). The molecule has 118 valence electrons. The molecule has 0 aliphatic rings. The van der Waals surface area contributed by atoms with Crippen molar-refractivity contribution in [1.29, 1.82) is 0 Å². The molecule has 2 N–H and O–H groups in total. The smallest absolute Gasteiger partial charge is 0.338 e. The molecule has 1 aromatic heterocycles. The number of benzene rings is 1. The van der Waals surface area contributed by atoms with Crippen LogP contribution < -0.4 is 5.73 Å². The average molecular weight is 324 g/mol. The minimum atomic E-state index is -0.659. The van der Waals surface area contributed by atoms with Crippen molar-refractivity contribution in [3.05, 3.63) is 40.5 Å². The summed E-state index contributed by atoms with van der Waals surface area (Å²) in [4.78, 5) is 16.3. The number of halogens is 1. The number of carbonyl (C=O) groups is 1. The number of aromatic nitrogens is 2. The van der Waals surface area contributed by atoms with Gasteiger partial charge in [-0.3, -0.25) is 0 Å². The highest BCUT2D eigenvalue weighted by molar-refractivity contribution is 6.33. The molecule has 0 spiro atoms. The number of nitrogen functional groups attached to an aromatic ring is 1. The van der Waals surface area contributed by atoms with Gasteiger partial charge in [0.25, 0.3) is 5.89 Å². The first-order valence-corrected chi connectivity index (χ1v) is 7.16.